The summed E-state index contributed by atoms with van der Waals surface area (Å²) in [6.45, 7) is 2.01. The van der Waals surface area contributed by atoms with Crippen LogP contribution in [0.1, 0.15) is 19.8 Å². The topological polar surface area (TPSA) is 136 Å². The second-order valence-corrected chi connectivity index (χ2v) is 5.24. The number of hydrogen-bond donors (Lipinski definition) is 3. The fourth-order valence-electron chi connectivity index (χ4n) is 2.29. The number of nitrogens with zero attached hydrogens (tertiary/aromatic N) is 1. The Morgan fingerprint density at radius 2 is 1.96 bits per heavy atom. The molecule has 4 atom stereocenters. The number of amides is 1. The van der Waals surface area contributed by atoms with E-state index in [9.17, 15) is 18.8 Å². The molecular formula is C13H24Cl2FN3O5. The number of ether oxygens (including phenoxy) is 1. The molecule has 0 radical (unpaired) electrons. The minimum absolute atomic E-state index is 0. The summed E-state index contributed by atoms with van der Waals surface area (Å²) in [5.74, 6) is -3.48. The average Bonchev–Trinajstić information content (AvgIpc) is 2.46. The minimum Gasteiger partial charge on any atom is -0.480 e. The van der Waals surface area contributed by atoms with Crippen molar-refractivity contribution in [1.29, 1.82) is 0 Å². The van der Waals surface area contributed by atoms with Gasteiger partial charge in [0.1, 0.15) is 6.04 Å². The number of rotatable bonds is 6. The lowest BCUT2D eigenvalue weighted by atomic mass is 9.92. The van der Waals surface area contributed by atoms with E-state index in [2.05, 4.69) is 0 Å². The molecule has 1 fully saturated rings. The fraction of sp³-hybridized carbons (Fsp3) is 0.769. The number of carbonyl (C=O) groups is 3. The van der Waals surface area contributed by atoms with Gasteiger partial charge in [-0.2, -0.15) is 0 Å². The molecule has 11 heteroatoms. The number of nitrogens with two attached hydrogens (primary N) is 2. The molecule has 0 aliphatic carbocycles. The first kappa shape index (κ1) is 25.1. The van der Waals surface area contributed by atoms with Gasteiger partial charge in [-0.25, -0.2) is 4.39 Å². The molecule has 2 unspecified atom stereocenters. The Hall–Kier alpha value is -1.16. The zero-order chi connectivity index (χ0) is 16.9. The largest absolute Gasteiger partial charge is 0.480 e. The summed E-state index contributed by atoms with van der Waals surface area (Å²) in [7, 11) is 0. The van der Waals surface area contributed by atoms with Crippen LogP contribution in [-0.2, 0) is 19.1 Å². The van der Waals surface area contributed by atoms with Crippen molar-refractivity contribution >= 4 is 42.7 Å². The first-order chi connectivity index (χ1) is 10.3. The Labute approximate surface area is 151 Å². The molecule has 142 valence electrons. The summed E-state index contributed by atoms with van der Waals surface area (Å²) >= 11 is 0. The van der Waals surface area contributed by atoms with E-state index in [0.29, 0.717) is 6.42 Å². The molecule has 1 rings (SSSR count). The zero-order valence-corrected chi connectivity index (χ0v) is 14.9. The number of esters is 1. The van der Waals surface area contributed by atoms with Gasteiger partial charge in [-0.15, -0.1) is 24.8 Å². The van der Waals surface area contributed by atoms with Gasteiger partial charge in [0, 0.05) is 25.6 Å². The van der Waals surface area contributed by atoms with Crippen molar-refractivity contribution in [2.24, 2.45) is 17.4 Å². The highest BCUT2D eigenvalue weighted by Crippen LogP contribution is 2.19. The number of carbonyl (C=O) groups excluding carboxylic acids is 2. The van der Waals surface area contributed by atoms with Crippen molar-refractivity contribution in [3.05, 3.63) is 0 Å². The quantitative estimate of drug-likeness (QED) is 0.529. The Balaban J connectivity index is 0. The minimum atomic E-state index is -2.02. The first-order valence-electron chi connectivity index (χ1n) is 7.11. The summed E-state index contributed by atoms with van der Waals surface area (Å²) in [6, 6.07) is -1.91. The molecule has 0 aromatic rings. The number of alkyl halides is 1. The number of likely N-dealkylation sites (tertiary alicyclic amines) is 1. The lowest BCUT2D eigenvalue weighted by Crippen LogP contribution is -2.54. The van der Waals surface area contributed by atoms with E-state index in [1.807, 2.05) is 0 Å². The molecule has 0 spiro atoms. The Kier molecular flexibility index (Phi) is 11.9. The number of carboxylic acids is 1. The van der Waals surface area contributed by atoms with E-state index in [4.69, 9.17) is 21.3 Å². The van der Waals surface area contributed by atoms with E-state index < -0.39 is 48.4 Å². The van der Waals surface area contributed by atoms with Crippen LogP contribution in [0.5, 0.6) is 0 Å². The SMILES string of the molecule is CCOC(=O)C1CN(C(=O)[C@@H](F)C[C@H](N)C(=O)O)CCC1N.Cl.Cl. The van der Waals surface area contributed by atoms with Crippen molar-refractivity contribution in [2.75, 3.05) is 19.7 Å². The van der Waals surface area contributed by atoms with Crippen LogP contribution in [-0.4, -0.2) is 65.8 Å². The maximum Gasteiger partial charge on any atom is 0.320 e. The van der Waals surface area contributed by atoms with Gasteiger partial charge in [0.25, 0.3) is 5.91 Å². The Morgan fingerprint density at radius 1 is 1.38 bits per heavy atom. The monoisotopic (exact) mass is 391 g/mol. The number of piperidine rings is 1. The molecular weight excluding hydrogens is 368 g/mol. The third kappa shape index (κ3) is 6.76. The molecule has 1 aliphatic rings. The maximum atomic E-state index is 13.9. The molecule has 1 saturated heterocycles. The molecule has 5 N–H and O–H groups in total. The number of hydrogen-bond acceptors (Lipinski definition) is 6. The molecule has 0 aromatic carbocycles. The number of carboxylic acid groups (broad SMARTS) is 1. The molecule has 0 saturated carbocycles. The third-order valence-corrected chi connectivity index (χ3v) is 3.61. The van der Waals surface area contributed by atoms with E-state index in [1.165, 1.54) is 4.90 Å². The van der Waals surface area contributed by atoms with Crippen LogP contribution in [0.15, 0.2) is 0 Å². The summed E-state index contributed by atoms with van der Waals surface area (Å²) in [4.78, 5) is 35.5. The van der Waals surface area contributed by atoms with Crippen LogP contribution in [0.2, 0.25) is 0 Å². The standard InChI is InChI=1S/C13H22FN3O5.2ClH/c1-2-22-13(21)7-6-17(4-3-9(7)15)11(18)8(14)5-10(16)12(19)20;;/h7-10H,2-6,15-16H2,1H3,(H,19,20);2*1H/t7?,8-,9?,10-;;/m0../s1. The maximum absolute atomic E-state index is 13.9. The number of aliphatic carboxylic acids is 1. The molecule has 1 heterocycles. The lowest BCUT2D eigenvalue weighted by Gasteiger charge is -2.36. The van der Waals surface area contributed by atoms with Crippen molar-refractivity contribution in [1.82, 2.24) is 4.90 Å². The average molecular weight is 392 g/mol. The molecule has 8 nitrogen and oxygen atoms in total. The van der Waals surface area contributed by atoms with Crippen molar-refractivity contribution in [2.45, 2.75) is 38.0 Å². The summed E-state index contributed by atoms with van der Waals surface area (Å²) in [6.07, 6.45) is -2.29. The summed E-state index contributed by atoms with van der Waals surface area (Å²) in [5.41, 5.74) is 11.1. The van der Waals surface area contributed by atoms with Gasteiger partial charge < -0.3 is 26.2 Å². The van der Waals surface area contributed by atoms with E-state index >= 15 is 0 Å². The van der Waals surface area contributed by atoms with Crippen LogP contribution in [0.3, 0.4) is 0 Å². The summed E-state index contributed by atoms with van der Waals surface area (Å²) in [5, 5.41) is 8.64. The third-order valence-electron chi connectivity index (χ3n) is 3.61. The van der Waals surface area contributed by atoms with Gasteiger partial charge in [-0.05, 0) is 13.3 Å². The highest BCUT2D eigenvalue weighted by atomic mass is 35.5. The van der Waals surface area contributed by atoms with E-state index in [-0.39, 0.29) is 44.5 Å². The van der Waals surface area contributed by atoms with Crippen LogP contribution < -0.4 is 11.5 Å². The van der Waals surface area contributed by atoms with Gasteiger partial charge in [0.15, 0.2) is 6.17 Å². The molecule has 1 amide bonds. The van der Waals surface area contributed by atoms with Crippen LogP contribution >= 0.6 is 24.8 Å². The van der Waals surface area contributed by atoms with Gasteiger partial charge in [-0.3, -0.25) is 14.4 Å². The number of halogens is 3. The highest BCUT2D eigenvalue weighted by Gasteiger charge is 2.37. The predicted molar refractivity (Wildman–Crippen MR) is 88.9 cm³/mol. The van der Waals surface area contributed by atoms with E-state index in [0.717, 1.165) is 0 Å². The van der Waals surface area contributed by atoms with Gasteiger partial charge >= 0.3 is 11.9 Å². The molecule has 1 aliphatic heterocycles. The van der Waals surface area contributed by atoms with Gasteiger partial charge in [0.2, 0.25) is 0 Å². The fourth-order valence-corrected chi connectivity index (χ4v) is 2.29. The van der Waals surface area contributed by atoms with Gasteiger partial charge in [0.05, 0.1) is 12.5 Å². The second kappa shape index (κ2) is 11.4. The lowest BCUT2D eigenvalue weighted by molar-refractivity contribution is -0.153. The van der Waals surface area contributed by atoms with Crippen molar-refractivity contribution < 1.29 is 28.6 Å². The first-order valence-corrected chi connectivity index (χ1v) is 7.11. The normalized spacial score (nSPS) is 22.4. The summed E-state index contributed by atoms with van der Waals surface area (Å²) < 4.78 is 18.8. The highest BCUT2D eigenvalue weighted by molar-refractivity contribution is 5.85. The smallest absolute Gasteiger partial charge is 0.320 e. The predicted octanol–water partition coefficient (Wildman–Crippen LogP) is -0.291. The van der Waals surface area contributed by atoms with Crippen molar-refractivity contribution in [3.63, 3.8) is 0 Å². The Bertz CT molecular complexity index is 444. The van der Waals surface area contributed by atoms with E-state index in [1.54, 1.807) is 6.92 Å². The van der Waals surface area contributed by atoms with Gasteiger partial charge in [-0.1, -0.05) is 0 Å². The van der Waals surface area contributed by atoms with Crippen LogP contribution in [0.25, 0.3) is 0 Å². The van der Waals surface area contributed by atoms with Crippen molar-refractivity contribution in [3.8, 4) is 0 Å². The van der Waals surface area contributed by atoms with Crippen LogP contribution in [0, 0.1) is 5.92 Å². The second-order valence-electron chi connectivity index (χ2n) is 5.24. The molecule has 24 heavy (non-hydrogen) atoms. The Morgan fingerprint density at radius 3 is 2.46 bits per heavy atom. The zero-order valence-electron chi connectivity index (χ0n) is 13.2. The molecule has 0 aromatic heterocycles. The van der Waals surface area contributed by atoms with Crippen LogP contribution in [0.4, 0.5) is 4.39 Å². The molecule has 0 bridgehead atoms.